The van der Waals surface area contributed by atoms with Gasteiger partial charge in [-0.2, -0.15) is 0 Å². The molecule has 2 rings (SSSR count). The van der Waals surface area contributed by atoms with Crippen LogP contribution in [-0.2, 0) is 4.79 Å². The highest BCUT2D eigenvalue weighted by atomic mass is 16.1. The molecule has 0 spiro atoms. The number of nitrogens with zero attached hydrogens (tertiary/aromatic N) is 1. The van der Waals surface area contributed by atoms with E-state index in [4.69, 9.17) is 0 Å². The predicted molar refractivity (Wildman–Crippen MR) is 47.1 cm³/mol. The number of carbonyl (C=O) groups excluding carboxylic acids is 1. The molecule has 0 aromatic rings. The number of carbonyl (C=O) groups is 1. The van der Waals surface area contributed by atoms with E-state index in [1.807, 2.05) is 0 Å². The number of ketones is 1. The van der Waals surface area contributed by atoms with Gasteiger partial charge in [-0.05, 0) is 26.4 Å². The van der Waals surface area contributed by atoms with E-state index < -0.39 is 0 Å². The van der Waals surface area contributed by atoms with Gasteiger partial charge in [0, 0.05) is 19.0 Å². The van der Waals surface area contributed by atoms with Gasteiger partial charge < -0.3 is 5.32 Å². The van der Waals surface area contributed by atoms with Gasteiger partial charge in [0.05, 0.1) is 6.04 Å². The van der Waals surface area contributed by atoms with E-state index in [-0.39, 0.29) is 6.04 Å². The van der Waals surface area contributed by atoms with Gasteiger partial charge in [0.2, 0.25) is 0 Å². The fourth-order valence-electron chi connectivity index (χ4n) is 1.92. The number of rotatable bonds is 3. The molecular weight excluding hydrogens is 152 g/mol. The van der Waals surface area contributed by atoms with Crippen molar-refractivity contribution in [2.45, 2.75) is 31.3 Å². The lowest BCUT2D eigenvalue weighted by Gasteiger charge is -2.19. The number of likely N-dealkylation sites (N-methyl/N-ethyl adjacent to an activating group) is 1. The molecule has 1 saturated heterocycles. The molecule has 2 atom stereocenters. The van der Waals surface area contributed by atoms with Crippen LogP contribution in [0.2, 0.25) is 0 Å². The van der Waals surface area contributed by atoms with Crippen LogP contribution in [0.4, 0.5) is 0 Å². The summed E-state index contributed by atoms with van der Waals surface area (Å²) in [4.78, 5) is 13.0. The van der Waals surface area contributed by atoms with Crippen molar-refractivity contribution in [3.8, 4) is 0 Å². The molecule has 1 saturated carbocycles. The fraction of sp³-hybridized carbons (Fsp3) is 0.889. The summed E-state index contributed by atoms with van der Waals surface area (Å²) in [7, 11) is 2.05. The standard InChI is InChI=1S/C9H16N2O/c1-11(8-5-9(8)12)6-7-3-2-4-10-7/h7-8,10H,2-6H2,1H3/t7-,8?/m0/s1. The van der Waals surface area contributed by atoms with Gasteiger partial charge in [0.1, 0.15) is 0 Å². The third-order valence-corrected chi connectivity index (χ3v) is 2.81. The van der Waals surface area contributed by atoms with Gasteiger partial charge in [-0.1, -0.05) is 0 Å². The molecule has 1 aliphatic carbocycles. The lowest BCUT2D eigenvalue weighted by molar-refractivity contribution is -0.111. The second kappa shape index (κ2) is 3.15. The minimum atomic E-state index is 0.257. The maximum atomic E-state index is 10.8. The van der Waals surface area contributed by atoms with Crippen molar-refractivity contribution in [2.24, 2.45) is 0 Å². The van der Waals surface area contributed by atoms with Crippen LogP contribution in [0.25, 0.3) is 0 Å². The predicted octanol–water partition coefficient (Wildman–Crippen LogP) is 0.0116. The minimum Gasteiger partial charge on any atom is -0.313 e. The molecule has 2 fully saturated rings. The molecule has 3 nitrogen and oxygen atoms in total. The second-order valence-corrected chi connectivity index (χ2v) is 3.92. The van der Waals surface area contributed by atoms with Crippen molar-refractivity contribution in [1.82, 2.24) is 10.2 Å². The molecule has 1 heterocycles. The van der Waals surface area contributed by atoms with Crippen molar-refractivity contribution in [3.63, 3.8) is 0 Å². The quantitative estimate of drug-likeness (QED) is 0.644. The summed E-state index contributed by atoms with van der Waals surface area (Å²) in [5, 5.41) is 3.43. The minimum absolute atomic E-state index is 0.257. The normalized spacial score (nSPS) is 34.7. The Labute approximate surface area is 73.1 Å². The van der Waals surface area contributed by atoms with Crippen molar-refractivity contribution in [1.29, 1.82) is 0 Å². The molecule has 0 amide bonds. The van der Waals surface area contributed by atoms with E-state index in [9.17, 15) is 4.79 Å². The van der Waals surface area contributed by atoms with Crippen molar-refractivity contribution >= 4 is 5.78 Å². The van der Waals surface area contributed by atoms with Gasteiger partial charge >= 0.3 is 0 Å². The van der Waals surface area contributed by atoms with Gasteiger partial charge in [-0.3, -0.25) is 9.69 Å². The summed E-state index contributed by atoms with van der Waals surface area (Å²) in [6.07, 6.45) is 3.34. The molecule has 0 bridgehead atoms. The van der Waals surface area contributed by atoms with Crippen molar-refractivity contribution < 1.29 is 4.79 Å². The molecule has 1 N–H and O–H groups in total. The van der Waals surface area contributed by atoms with Crippen molar-refractivity contribution in [2.75, 3.05) is 20.1 Å². The molecule has 68 valence electrons. The van der Waals surface area contributed by atoms with Crippen LogP contribution in [0.3, 0.4) is 0 Å². The Morgan fingerprint density at radius 1 is 1.67 bits per heavy atom. The highest BCUT2D eigenvalue weighted by Crippen LogP contribution is 2.21. The monoisotopic (exact) mass is 168 g/mol. The van der Waals surface area contributed by atoms with Gasteiger partial charge in [0.15, 0.2) is 5.78 Å². The maximum Gasteiger partial charge on any atom is 0.152 e. The van der Waals surface area contributed by atoms with Crippen LogP contribution in [0, 0.1) is 0 Å². The zero-order chi connectivity index (χ0) is 8.55. The van der Waals surface area contributed by atoms with Crippen molar-refractivity contribution in [3.05, 3.63) is 0 Å². The van der Waals surface area contributed by atoms with Gasteiger partial charge in [-0.25, -0.2) is 0 Å². The first-order chi connectivity index (χ1) is 5.77. The van der Waals surface area contributed by atoms with E-state index in [2.05, 4.69) is 17.3 Å². The molecule has 0 aromatic heterocycles. The Morgan fingerprint density at radius 3 is 2.92 bits per heavy atom. The average molecular weight is 168 g/mol. The molecule has 0 aromatic carbocycles. The Balaban J connectivity index is 1.74. The topological polar surface area (TPSA) is 32.3 Å². The van der Waals surface area contributed by atoms with Crippen LogP contribution in [-0.4, -0.2) is 42.9 Å². The summed E-state index contributed by atoms with van der Waals surface area (Å²) in [5.41, 5.74) is 0. The summed E-state index contributed by atoms with van der Waals surface area (Å²) in [6, 6.07) is 0.885. The Morgan fingerprint density at radius 2 is 2.42 bits per heavy atom. The van der Waals surface area contributed by atoms with Crippen LogP contribution in [0.1, 0.15) is 19.3 Å². The third-order valence-electron chi connectivity index (χ3n) is 2.81. The highest BCUT2D eigenvalue weighted by molar-refractivity contribution is 5.99. The first kappa shape index (κ1) is 8.20. The summed E-state index contributed by atoms with van der Waals surface area (Å²) < 4.78 is 0. The van der Waals surface area contributed by atoms with E-state index in [1.54, 1.807) is 0 Å². The summed E-state index contributed by atoms with van der Waals surface area (Å²) in [6.45, 7) is 2.19. The first-order valence-corrected chi connectivity index (χ1v) is 4.73. The van der Waals surface area contributed by atoms with Crippen LogP contribution in [0.15, 0.2) is 0 Å². The molecule has 0 radical (unpaired) electrons. The highest BCUT2D eigenvalue weighted by Gasteiger charge is 2.38. The summed E-state index contributed by atoms with van der Waals surface area (Å²) in [5.74, 6) is 0.412. The van der Waals surface area contributed by atoms with Gasteiger partial charge in [0.25, 0.3) is 0 Å². The Bertz CT molecular complexity index is 187. The molecule has 2 aliphatic rings. The van der Waals surface area contributed by atoms with Crippen LogP contribution < -0.4 is 5.32 Å². The smallest absolute Gasteiger partial charge is 0.152 e. The average Bonchev–Trinajstić information content (AvgIpc) is 2.58. The number of hydrogen-bond acceptors (Lipinski definition) is 3. The van der Waals surface area contributed by atoms with E-state index >= 15 is 0 Å². The number of hydrogen-bond donors (Lipinski definition) is 1. The Kier molecular flexibility index (Phi) is 2.15. The second-order valence-electron chi connectivity index (χ2n) is 3.92. The molecule has 3 heteroatoms. The van der Waals surface area contributed by atoms with E-state index in [1.165, 1.54) is 12.8 Å². The zero-order valence-corrected chi connectivity index (χ0v) is 7.55. The molecule has 12 heavy (non-hydrogen) atoms. The number of nitrogens with one attached hydrogen (secondary N) is 1. The lowest BCUT2D eigenvalue weighted by atomic mass is 10.2. The van der Waals surface area contributed by atoms with E-state index in [0.717, 1.165) is 19.5 Å². The SMILES string of the molecule is CN(C[C@@H]1CCCN1)C1CC1=O. The lowest BCUT2D eigenvalue weighted by Crippen LogP contribution is -2.36. The first-order valence-electron chi connectivity index (χ1n) is 4.73. The molecular formula is C9H16N2O. The number of Topliss-reactive ketones (excluding diaryl/α,β-unsaturated/α-hetero) is 1. The fourth-order valence-corrected chi connectivity index (χ4v) is 1.92. The van der Waals surface area contributed by atoms with E-state index in [0.29, 0.717) is 11.8 Å². The summed E-state index contributed by atoms with van der Waals surface area (Å²) >= 11 is 0. The van der Waals surface area contributed by atoms with Crippen LogP contribution in [0.5, 0.6) is 0 Å². The molecule has 1 aliphatic heterocycles. The zero-order valence-electron chi connectivity index (χ0n) is 7.55. The largest absolute Gasteiger partial charge is 0.313 e. The molecule has 1 unspecified atom stereocenters. The third kappa shape index (κ3) is 1.67. The van der Waals surface area contributed by atoms with Gasteiger partial charge in [-0.15, -0.1) is 0 Å². The Hall–Kier alpha value is -0.410. The van der Waals surface area contributed by atoms with Crippen LogP contribution >= 0.6 is 0 Å². The maximum absolute atomic E-state index is 10.8.